The number of benzene rings is 3. The minimum absolute atomic E-state index is 0.0998. The molecule has 0 saturated carbocycles. The molecule has 1 aliphatic heterocycles. The quantitative estimate of drug-likeness (QED) is 0.0608. The first-order chi connectivity index (χ1) is 21.2. The van der Waals surface area contributed by atoms with E-state index in [1.807, 2.05) is 12.1 Å². The first-order valence-corrected chi connectivity index (χ1v) is 14.3. The van der Waals surface area contributed by atoms with Crippen molar-refractivity contribution in [2.24, 2.45) is 0 Å². The molecule has 13 heteroatoms. The lowest BCUT2D eigenvalue weighted by atomic mass is 10.0. The summed E-state index contributed by atoms with van der Waals surface area (Å²) in [6, 6.07) is 18.9. The topological polar surface area (TPSA) is 94.7 Å². The van der Waals surface area contributed by atoms with E-state index < -0.39 is 46.8 Å². The van der Waals surface area contributed by atoms with Gasteiger partial charge in [0.1, 0.15) is 5.56 Å². The van der Waals surface area contributed by atoms with Crippen LogP contribution in [-0.4, -0.2) is 22.9 Å². The first-order valence-electron chi connectivity index (χ1n) is 13.4. The van der Waals surface area contributed by atoms with Crippen LogP contribution in [0.4, 0.5) is 22.0 Å². The number of nitrogens with zero attached hydrogens (tertiary/aromatic N) is 1. The fraction of sp³-hybridized carbons (Fsp3) is 0.226. The van der Waals surface area contributed by atoms with E-state index in [1.165, 1.54) is 18.0 Å². The summed E-state index contributed by atoms with van der Waals surface area (Å²) in [5, 5.41) is 24.2. The summed E-state index contributed by atoms with van der Waals surface area (Å²) < 4.78 is 81.6. The number of pyridine rings is 1. The highest BCUT2D eigenvalue weighted by atomic mass is 32.2. The Hall–Kier alpha value is -4.04. The smallest absolute Gasteiger partial charge is 0.257 e. The van der Waals surface area contributed by atoms with Crippen LogP contribution >= 0.6 is 11.8 Å². The number of ether oxygens (including phenoxy) is 2. The molecule has 1 amide bonds. The van der Waals surface area contributed by atoms with Crippen molar-refractivity contribution in [3.05, 3.63) is 135 Å². The highest BCUT2D eigenvalue weighted by Crippen LogP contribution is 2.39. The van der Waals surface area contributed by atoms with Crippen LogP contribution in [0.3, 0.4) is 0 Å². The lowest BCUT2D eigenvalue weighted by molar-refractivity contribution is -0.645. The molecule has 0 aliphatic carbocycles. The Balaban J connectivity index is 1.29. The largest absolute Gasteiger partial charge is 0.618 e. The van der Waals surface area contributed by atoms with Crippen molar-refractivity contribution >= 4 is 17.7 Å². The predicted molar refractivity (Wildman–Crippen MR) is 148 cm³/mol. The van der Waals surface area contributed by atoms with Crippen molar-refractivity contribution in [2.75, 3.05) is 5.75 Å². The summed E-state index contributed by atoms with van der Waals surface area (Å²) in [6.45, 7) is -0.367. The van der Waals surface area contributed by atoms with Crippen LogP contribution in [-0.2, 0) is 22.6 Å². The summed E-state index contributed by atoms with van der Waals surface area (Å²) in [6.07, 6.45) is 0.401. The number of hydrogen-bond acceptors (Lipinski definition) is 6. The van der Waals surface area contributed by atoms with Crippen molar-refractivity contribution in [1.29, 1.82) is 0 Å². The molecule has 1 aliphatic rings. The standard InChI is InChI=1S/C31H25F5N2O5S/c32-25-24(26(33)28(35)29(36)27(25)34)30(40)37-14-17-4-10-20(11-5-17)31-42-21(16-44-23-3-1-2-12-38(23)41)13-22(43-31)19-8-6-18(15-39)7-9-19/h1-12,21-22,31,39H,13-16H2,(H,37,40)/t21-,22+,31+/m1/s1. The van der Waals surface area contributed by atoms with E-state index in [0.29, 0.717) is 28.3 Å². The number of carbonyl (C=O) groups is 1. The monoisotopic (exact) mass is 632 g/mol. The van der Waals surface area contributed by atoms with E-state index >= 15 is 0 Å². The number of nitrogens with one attached hydrogen (secondary N) is 1. The van der Waals surface area contributed by atoms with Crippen molar-refractivity contribution in [1.82, 2.24) is 5.32 Å². The number of aliphatic hydroxyl groups excluding tert-OH is 1. The summed E-state index contributed by atoms with van der Waals surface area (Å²) >= 11 is 1.34. The lowest BCUT2D eigenvalue weighted by Gasteiger charge is -2.36. The molecule has 1 fully saturated rings. The van der Waals surface area contributed by atoms with Gasteiger partial charge in [0.15, 0.2) is 35.8 Å². The van der Waals surface area contributed by atoms with Crippen LogP contribution in [0.1, 0.15) is 51.4 Å². The average molecular weight is 633 g/mol. The van der Waals surface area contributed by atoms with Crippen LogP contribution in [0.2, 0.25) is 0 Å². The molecule has 230 valence electrons. The van der Waals surface area contributed by atoms with E-state index in [0.717, 1.165) is 15.9 Å². The molecule has 2 N–H and O–H groups in total. The molecule has 1 aromatic heterocycles. The zero-order valence-corrected chi connectivity index (χ0v) is 23.6. The van der Waals surface area contributed by atoms with Crippen molar-refractivity contribution < 1.29 is 46.1 Å². The Morgan fingerprint density at radius 1 is 0.864 bits per heavy atom. The molecule has 5 rings (SSSR count). The molecule has 0 unspecified atom stereocenters. The van der Waals surface area contributed by atoms with Gasteiger partial charge in [-0.05, 0) is 22.8 Å². The number of halogens is 5. The van der Waals surface area contributed by atoms with Crippen LogP contribution in [0, 0.1) is 34.3 Å². The average Bonchev–Trinajstić information content (AvgIpc) is 3.05. The second-order valence-corrected chi connectivity index (χ2v) is 10.9. The normalized spacial score (nSPS) is 18.3. The third-order valence-corrected chi connectivity index (χ3v) is 8.11. The number of hydrogen-bond donors (Lipinski definition) is 2. The third-order valence-electron chi connectivity index (χ3n) is 6.96. The fourth-order valence-electron chi connectivity index (χ4n) is 4.59. The third kappa shape index (κ3) is 6.86. The highest BCUT2D eigenvalue weighted by molar-refractivity contribution is 7.99. The highest BCUT2D eigenvalue weighted by Gasteiger charge is 2.33. The zero-order chi connectivity index (χ0) is 31.4. The van der Waals surface area contributed by atoms with E-state index in [4.69, 9.17) is 9.47 Å². The van der Waals surface area contributed by atoms with E-state index in [9.17, 15) is 37.1 Å². The van der Waals surface area contributed by atoms with E-state index in [-0.39, 0.29) is 25.4 Å². The maximum atomic E-state index is 14.0. The van der Waals surface area contributed by atoms with Gasteiger partial charge in [0.2, 0.25) is 5.82 Å². The van der Waals surface area contributed by atoms with Gasteiger partial charge in [0.05, 0.1) is 18.8 Å². The molecule has 2 heterocycles. The van der Waals surface area contributed by atoms with Gasteiger partial charge >= 0.3 is 0 Å². The van der Waals surface area contributed by atoms with Gasteiger partial charge < -0.3 is 25.1 Å². The maximum absolute atomic E-state index is 14.0. The first kappa shape index (κ1) is 31.4. The predicted octanol–water partition coefficient (Wildman–Crippen LogP) is 5.78. The summed E-state index contributed by atoms with van der Waals surface area (Å²) in [7, 11) is 0. The second kappa shape index (κ2) is 13.7. The van der Waals surface area contributed by atoms with Crippen molar-refractivity contribution in [3.8, 4) is 0 Å². The SMILES string of the molecule is O=C(NCc1ccc([C@H]2O[C@@H](CSc3cccc[n+]3[O-])C[C@@H](c3ccc(CO)cc3)O2)cc1)c1c(F)c(F)c(F)c(F)c1F. The van der Waals surface area contributed by atoms with E-state index in [2.05, 4.69) is 5.32 Å². The van der Waals surface area contributed by atoms with Gasteiger partial charge in [-0.2, -0.15) is 4.73 Å². The number of carbonyl (C=O) groups excluding carboxylic acids is 1. The minimum atomic E-state index is -2.35. The Bertz CT molecular complexity index is 1610. The number of amides is 1. The van der Waals surface area contributed by atoms with Gasteiger partial charge in [-0.3, -0.25) is 4.79 Å². The number of thioether (sulfide) groups is 1. The van der Waals surface area contributed by atoms with Crippen molar-refractivity contribution in [2.45, 2.75) is 43.1 Å². The molecule has 4 aromatic rings. The van der Waals surface area contributed by atoms with Crippen LogP contribution in [0.15, 0.2) is 78.0 Å². The number of aromatic nitrogens is 1. The summed E-state index contributed by atoms with van der Waals surface area (Å²) in [5.41, 5.74) is 1.13. The molecule has 3 aromatic carbocycles. The molecular weight excluding hydrogens is 607 g/mol. The van der Waals surface area contributed by atoms with Gasteiger partial charge in [0.25, 0.3) is 10.9 Å². The lowest BCUT2D eigenvalue weighted by Crippen LogP contribution is -2.32. The zero-order valence-electron chi connectivity index (χ0n) is 22.8. The molecule has 0 radical (unpaired) electrons. The molecular formula is C31H25F5N2O5S. The van der Waals surface area contributed by atoms with Crippen molar-refractivity contribution in [3.63, 3.8) is 0 Å². The number of rotatable bonds is 9. The van der Waals surface area contributed by atoms with E-state index in [1.54, 1.807) is 54.6 Å². The Morgan fingerprint density at radius 3 is 2.11 bits per heavy atom. The van der Waals surface area contributed by atoms with Crippen LogP contribution in [0.25, 0.3) is 0 Å². The maximum Gasteiger partial charge on any atom is 0.257 e. The van der Waals surface area contributed by atoms with Gasteiger partial charge in [0, 0.05) is 36.4 Å². The van der Waals surface area contributed by atoms with Crippen LogP contribution < -0.4 is 10.0 Å². The molecule has 1 saturated heterocycles. The Kier molecular flexibility index (Phi) is 9.79. The molecule has 0 bridgehead atoms. The molecule has 0 spiro atoms. The van der Waals surface area contributed by atoms with Gasteiger partial charge in [-0.25, -0.2) is 22.0 Å². The van der Waals surface area contributed by atoms with Gasteiger partial charge in [-0.1, -0.05) is 60.3 Å². The Labute approximate surface area is 252 Å². The van der Waals surface area contributed by atoms with Crippen LogP contribution in [0.5, 0.6) is 0 Å². The van der Waals surface area contributed by atoms with Gasteiger partial charge in [-0.15, -0.1) is 0 Å². The molecule has 3 atom stereocenters. The molecule has 7 nitrogen and oxygen atoms in total. The fourth-order valence-corrected chi connectivity index (χ4v) is 5.53. The summed E-state index contributed by atoms with van der Waals surface area (Å²) in [5.74, 6) is -12.2. The summed E-state index contributed by atoms with van der Waals surface area (Å²) in [4.78, 5) is 12.3. The minimum Gasteiger partial charge on any atom is -0.618 e. The molecule has 44 heavy (non-hydrogen) atoms. The Morgan fingerprint density at radius 2 is 1.48 bits per heavy atom. The second-order valence-electron chi connectivity index (χ2n) is 9.89. The number of aliphatic hydroxyl groups is 1.